The Morgan fingerprint density at radius 1 is 1.21 bits per heavy atom. The van der Waals surface area contributed by atoms with E-state index in [2.05, 4.69) is 37.2 Å². The summed E-state index contributed by atoms with van der Waals surface area (Å²) >= 11 is 6.91. The van der Waals surface area contributed by atoms with Gasteiger partial charge < -0.3 is 15.2 Å². The zero-order valence-corrected chi connectivity index (χ0v) is 13.5. The predicted molar refractivity (Wildman–Crippen MR) is 83.8 cm³/mol. The van der Waals surface area contributed by atoms with Crippen LogP contribution in [-0.4, -0.2) is 12.2 Å². The second-order valence-corrected chi connectivity index (χ2v) is 5.72. The minimum Gasteiger partial charge on any atom is -0.504 e. The highest BCUT2D eigenvalue weighted by Crippen LogP contribution is 2.31. The third-order valence-electron chi connectivity index (χ3n) is 2.70. The maximum Gasteiger partial charge on any atom is 0.162 e. The van der Waals surface area contributed by atoms with Gasteiger partial charge in [0.2, 0.25) is 0 Å². The van der Waals surface area contributed by atoms with E-state index in [9.17, 15) is 5.11 Å². The highest BCUT2D eigenvalue weighted by atomic mass is 79.9. The van der Waals surface area contributed by atoms with E-state index in [4.69, 9.17) is 4.74 Å². The molecular weight excluding hydrogens is 374 g/mol. The molecule has 2 aromatic rings. The normalized spacial score (nSPS) is 10.3. The third kappa shape index (κ3) is 3.42. The molecule has 0 amide bonds. The first-order valence-corrected chi connectivity index (χ1v) is 7.24. The van der Waals surface area contributed by atoms with Crippen LogP contribution >= 0.6 is 31.9 Å². The molecule has 2 aromatic carbocycles. The van der Waals surface area contributed by atoms with E-state index in [1.54, 1.807) is 6.07 Å². The number of nitrogens with one attached hydrogen (secondary N) is 1. The number of rotatable bonds is 4. The zero-order chi connectivity index (χ0) is 13.8. The number of hydrogen-bond donors (Lipinski definition) is 2. The van der Waals surface area contributed by atoms with Crippen molar-refractivity contribution in [3.8, 4) is 11.5 Å². The number of para-hydroxylation sites is 1. The standard InChI is InChI=1S/C14H13Br2NO2/c1-19-13-4-2-3-9(14(13)18)8-17-12-7-10(15)5-6-11(12)16/h2-7,17-18H,8H2,1H3. The molecule has 0 fully saturated rings. The third-order valence-corrected chi connectivity index (χ3v) is 3.88. The van der Waals surface area contributed by atoms with Crippen molar-refractivity contribution in [2.75, 3.05) is 12.4 Å². The van der Waals surface area contributed by atoms with Crippen molar-refractivity contribution in [2.45, 2.75) is 6.54 Å². The monoisotopic (exact) mass is 385 g/mol. The first-order chi connectivity index (χ1) is 9.11. The van der Waals surface area contributed by atoms with E-state index < -0.39 is 0 Å². The van der Waals surface area contributed by atoms with Gasteiger partial charge in [-0.05, 0) is 40.2 Å². The quantitative estimate of drug-likeness (QED) is 0.810. The Hall–Kier alpha value is -1.20. The molecule has 2 rings (SSSR count). The predicted octanol–water partition coefficient (Wildman–Crippen LogP) is 4.54. The molecule has 2 N–H and O–H groups in total. The van der Waals surface area contributed by atoms with E-state index in [1.165, 1.54) is 7.11 Å². The lowest BCUT2D eigenvalue weighted by Crippen LogP contribution is -2.01. The first-order valence-electron chi connectivity index (χ1n) is 5.65. The first kappa shape index (κ1) is 14.2. The van der Waals surface area contributed by atoms with Crippen molar-refractivity contribution in [3.63, 3.8) is 0 Å². The summed E-state index contributed by atoms with van der Waals surface area (Å²) < 4.78 is 7.05. The number of ether oxygens (including phenoxy) is 1. The molecule has 0 heterocycles. The van der Waals surface area contributed by atoms with Gasteiger partial charge >= 0.3 is 0 Å². The van der Waals surface area contributed by atoms with Gasteiger partial charge in [0.1, 0.15) is 0 Å². The molecule has 0 aliphatic heterocycles. The summed E-state index contributed by atoms with van der Waals surface area (Å²) in [5, 5.41) is 13.3. The number of phenolic OH excluding ortho intramolecular Hbond substituents is 1. The Balaban J connectivity index is 2.17. The van der Waals surface area contributed by atoms with Crippen LogP contribution in [0.15, 0.2) is 45.3 Å². The Bertz CT molecular complexity index is 588. The minimum atomic E-state index is 0.170. The SMILES string of the molecule is COc1cccc(CNc2cc(Br)ccc2Br)c1O. The van der Waals surface area contributed by atoms with Gasteiger partial charge in [0.05, 0.1) is 7.11 Å². The highest BCUT2D eigenvalue weighted by molar-refractivity contribution is 9.11. The molecule has 0 spiro atoms. The summed E-state index contributed by atoms with van der Waals surface area (Å²) in [5.74, 6) is 0.649. The van der Waals surface area contributed by atoms with Gasteiger partial charge in [-0.15, -0.1) is 0 Å². The molecule has 100 valence electrons. The van der Waals surface area contributed by atoms with Crippen LogP contribution in [0.1, 0.15) is 5.56 Å². The van der Waals surface area contributed by atoms with Crippen molar-refractivity contribution in [3.05, 3.63) is 50.9 Å². The van der Waals surface area contributed by atoms with E-state index in [-0.39, 0.29) is 5.75 Å². The average molecular weight is 387 g/mol. The molecule has 0 aliphatic rings. The maximum absolute atomic E-state index is 10.0. The molecule has 0 bridgehead atoms. The van der Waals surface area contributed by atoms with Crippen LogP contribution in [0.4, 0.5) is 5.69 Å². The van der Waals surface area contributed by atoms with Crippen molar-refractivity contribution >= 4 is 37.5 Å². The fourth-order valence-electron chi connectivity index (χ4n) is 1.70. The Morgan fingerprint density at radius 3 is 2.74 bits per heavy atom. The topological polar surface area (TPSA) is 41.5 Å². The number of phenols is 1. The second kappa shape index (κ2) is 6.30. The van der Waals surface area contributed by atoms with Crippen LogP contribution in [-0.2, 0) is 6.54 Å². The lowest BCUT2D eigenvalue weighted by atomic mass is 10.2. The molecule has 3 nitrogen and oxygen atoms in total. The van der Waals surface area contributed by atoms with Gasteiger partial charge in [-0.25, -0.2) is 0 Å². The maximum atomic E-state index is 10.0. The summed E-state index contributed by atoms with van der Waals surface area (Å²) in [6.45, 7) is 0.512. The minimum absolute atomic E-state index is 0.170. The van der Waals surface area contributed by atoms with Crippen molar-refractivity contribution in [1.29, 1.82) is 0 Å². The fourth-order valence-corrected chi connectivity index (χ4v) is 2.45. The highest BCUT2D eigenvalue weighted by Gasteiger charge is 2.07. The van der Waals surface area contributed by atoms with Crippen LogP contribution in [0.5, 0.6) is 11.5 Å². The summed E-state index contributed by atoms with van der Waals surface area (Å²) in [6, 6.07) is 11.3. The smallest absolute Gasteiger partial charge is 0.162 e. The van der Waals surface area contributed by atoms with Crippen LogP contribution in [0.3, 0.4) is 0 Å². The number of hydrogen-bond acceptors (Lipinski definition) is 3. The van der Waals surface area contributed by atoms with Crippen LogP contribution in [0, 0.1) is 0 Å². The molecule has 0 aliphatic carbocycles. The summed E-state index contributed by atoms with van der Waals surface area (Å²) in [7, 11) is 1.54. The molecule has 0 aromatic heterocycles. The van der Waals surface area contributed by atoms with Crippen LogP contribution in [0.25, 0.3) is 0 Å². The van der Waals surface area contributed by atoms with Crippen molar-refractivity contribution in [1.82, 2.24) is 0 Å². The number of aromatic hydroxyl groups is 1. The summed E-state index contributed by atoms with van der Waals surface area (Å²) in [6.07, 6.45) is 0. The van der Waals surface area contributed by atoms with Crippen molar-refractivity contribution in [2.24, 2.45) is 0 Å². The number of anilines is 1. The van der Waals surface area contributed by atoms with Crippen LogP contribution < -0.4 is 10.1 Å². The van der Waals surface area contributed by atoms with Gasteiger partial charge in [0.25, 0.3) is 0 Å². The molecule has 19 heavy (non-hydrogen) atoms. The number of halogens is 2. The second-order valence-electron chi connectivity index (χ2n) is 3.95. The number of methoxy groups -OCH3 is 1. The molecule has 5 heteroatoms. The molecule has 0 saturated heterocycles. The lowest BCUT2D eigenvalue weighted by molar-refractivity contribution is 0.371. The van der Waals surface area contributed by atoms with E-state index in [0.717, 1.165) is 20.2 Å². The molecule has 0 radical (unpaired) electrons. The van der Waals surface area contributed by atoms with Gasteiger partial charge in [0, 0.05) is 26.7 Å². The summed E-state index contributed by atoms with van der Waals surface area (Å²) in [5.41, 5.74) is 1.74. The average Bonchev–Trinajstić information content (AvgIpc) is 2.41. The van der Waals surface area contributed by atoms with E-state index >= 15 is 0 Å². The lowest BCUT2D eigenvalue weighted by Gasteiger charge is -2.12. The summed E-state index contributed by atoms with van der Waals surface area (Å²) in [4.78, 5) is 0. The van der Waals surface area contributed by atoms with Crippen LogP contribution in [0.2, 0.25) is 0 Å². The molecule has 0 unspecified atom stereocenters. The Kier molecular flexibility index (Phi) is 4.71. The van der Waals surface area contributed by atoms with Gasteiger partial charge in [0.15, 0.2) is 11.5 Å². The van der Waals surface area contributed by atoms with E-state index in [1.807, 2.05) is 30.3 Å². The molecule has 0 saturated carbocycles. The van der Waals surface area contributed by atoms with Gasteiger partial charge in [-0.3, -0.25) is 0 Å². The fraction of sp³-hybridized carbons (Fsp3) is 0.143. The molecule has 0 atom stereocenters. The Morgan fingerprint density at radius 2 is 2.00 bits per heavy atom. The van der Waals surface area contributed by atoms with Gasteiger partial charge in [-0.1, -0.05) is 28.1 Å². The largest absolute Gasteiger partial charge is 0.504 e. The Labute approximate surface area is 128 Å². The number of benzene rings is 2. The van der Waals surface area contributed by atoms with E-state index in [0.29, 0.717) is 12.3 Å². The molecular formula is C14H13Br2NO2. The van der Waals surface area contributed by atoms with Crippen molar-refractivity contribution < 1.29 is 9.84 Å². The zero-order valence-electron chi connectivity index (χ0n) is 10.3. The van der Waals surface area contributed by atoms with Gasteiger partial charge in [-0.2, -0.15) is 0 Å².